The van der Waals surface area contributed by atoms with Gasteiger partial charge in [-0.25, -0.2) is 0 Å². The SMILES string of the molecule is CC1OC(C)C(C(NN)c2ccccc2Cl)C1C. The van der Waals surface area contributed by atoms with E-state index in [0.717, 1.165) is 10.6 Å². The summed E-state index contributed by atoms with van der Waals surface area (Å²) in [5.74, 6) is 6.53. The molecule has 100 valence electrons. The molecule has 1 aliphatic heterocycles. The van der Waals surface area contributed by atoms with Crippen molar-refractivity contribution in [2.75, 3.05) is 0 Å². The summed E-state index contributed by atoms with van der Waals surface area (Å²) in [6, 6.07) is 7.86. The standard InChI is InChI=1S/C14H21ClN2O/c1-8-9(2)18-10(3)13(8)14(17-16)11-6-4-5-7-12(11)15/h4-10,13-14,17H,16H2,1-3H3. The fourth-order valence-electron chi connectivity index (χ4n) is 3.00. The first-order chi connectivity index (χ1) is 8.56. The van der Waals surface area contributed by atoms with Crippen molar-refractivity contribution in [2.24, 2.45) is 17.7 Å². The normalized spacial score (nSPS) is 33.6. The summed E-state index contributed by atoms with van der Waals surface area (Å²) in [4.78, 5) is 0. The molecule has 1 aromatic rings. The third kappa shape index (κ3) is 2.41. The van der Waals surface area contributed by atoms with E-state index in [4.69, 9.17) is 22.2 Å². The molecule has 3 nitrogen and oxygen atoms in total. The Morgan fingerprint density at radius 2 is 1.89 bits per heavy atom. The Kier molecular flexibility index (Phi) is 4.28. The lowest BCUT2D eigenvalue weighted by atomic mass is 9.81. The summed E-state index contributed by atoms with van der Waals surface area (Å²) in [7, 11) is 0. The second-order valence-electron chi connectivity index (χ2n) is 5.15. The highest BCUT2D eigenvalue weighted by molar-refractivity contribution is 6.31. The highest BCUT2D eigenvalue weighted by Gasteiger charge is 2.42. The highest BCUT2D eigenvalue weighted by atomic mass is 35.5. The number of halogens is 1. The van der Waals surface area contributed by atoms with Crippen LogP contribution in [0.2, 0.25) is 5.02 Å². The van der Waals surface area contributed by atoms with E-state index in [2.05, 4.69) is 26.2 Å². The maximum absolute atomic E-state index is 6.27. The summed E-state index contributed by atoms with van der Waals surface area (Å²) < 4.78 is 5.89. The van der Waals surface area contributed by atoms with Crippen molar-refractivity contribution in [1.29, 1.82) is 0 Å². The van der Waals surface area contributed by atoms with E-state index < -0.39 is 0 Å². The smallest absolute Gasteiger partial charge is 0.0601 e. The molecule has 1 saturated heterocycles. The van der Waals surface area contributed by atoms with Gasteiger partial charge in [0.2, 0.25) is 0 Å². The minimum absolute atomic E-state index is 0.0219. The van der Waals surface area contributed by atoms with E-state index in [9.17, 15) is 0 Å². The van der Waals surface area contributed by atoms with Crippen LogP contribution in [0, 0.1) is 11.8 Å². The average Bonchev–Trinajstić information content (AvgIpc) is 2.59. The van der Waals surface area contributed by atoms with E-state index in [-0.39, 0.29) is 18.2 Å². The van der Waals surface area contributed by atoms with Crippen LogP contribution in [0.1, 0.15) is 32.4 Å². The minimum atomic E-state index is 0.0219. The molecule has 0 saturated carbocycles. The van der Waals surface area contributed by atoms with Crippen LogP contribution >= 0.6 is 11.6 Å². The number of nitrogens with one attached hydrogen (secondary N) is 1. The van der Waals surface area contributed by atoms with E-state index >= 15 is 0 Å². The van der Waals surface area contributed by atoms with Crippen molar-refractivity contribution in [3.63, 3.8) is 0 Å². The molecule has 0 bridgehead atoms. The summed E-state index contributed by atoms with van der Waals surface area (Å²) in [5.41, 5.74) is 3.96. The Labute approximate surface area is 114 Å². The van der Waals surface area contributed by atoms with E-state index in [1.807, 2.05) is 24.3 Å². The Morgan fingerprint density at radius 1 is 1.22 bits per heavy atom. The Bertz CT molecular complexity index is 413. The lowest BCUT2D eigenvalue weighted by Crippen LogP contribution is -2.38. The van der Waals surface area contributed by atoms with Gasteiger partial charge in [-0.3, -0.25) is 11.3 Å². The number of benzene rings is 1. The van der Waals surface area contributed by atoms with Gasteiger partial charge in [-0.15, -0.1) is 0 Å². The Hall–Kier alpha value is -0.610. The van der Waals surface area contributed by atoms with Crippen LogP contribution in [-0.4, -0.2) is 12.2 Å². The van der Waals surface area contributed by atoms with Crippen molar-refractivity contribution in [3.05, 3.63) is 34.9 Å². The molecule has 1 aromatic carbocycles. The quantitative estimate of drug-likeness (QED) is 0.655. The maximum atomic E-state index is 6.27. The minimum Gasteiger partial charge on any atom is -0.375 e. The van der Waals surface area contributed by atoms with Gasteiger partial charge in [0, 0.05) is 10.9 Å². The van der Waals surface area contributed by atoms with Crippen LogP contribution in [0.5, 0.6) is 0 Å². The summed E-state index contributed by atoms with van der Waals surface area (Å²) in [6.07, 6.45) is 0.427. The predicted octanol–water partition coefficient (Wildman–Crippen LogP) is 2.90. The average molecular weight is 269 g/mol. The molecule has 1 heterocycles. The first kappa shape index (κ1) is 13.8. The van der Waals surface area contributed by atoms with Gasteiger partial charge >= 0.3 is 0 Å². The van der Waals surface area contributed by atoms with Gasteiger partial charge in [0.1, 0.15) is 0 Å². The van der Waals surface area contributed by atoms with E-state index in [0.29, 0.717) is 11.8 Å². The van der Waals surface area contributed by atoms with Crippen LogP contribution < -0.4 is 11.3 Å². The predicted molar refractivity (Wildman–Crippen MR) is 74.2 cm³/mol. The van der Waals surface area contributed by atoms with Crippen molar-refractivity contribution in [2.45, 2.75) is 39.0 Å². The van der Waals surface area contributed by atoms with Gasteiger partial charge in [0.25, 0.3) is 0 Å². The molecule has 3 N–H and O–H groups in total. The second kappa shape index (κ2) is 5.57. The molecule has 0 spiro atoms. The summed E-state index contributed by atoms with van der Waals surface area (Å²) >= 11 is 6.27. The van der Waals surface area contributed by atoms with Crippen LogP contribution in [0.25, 0.3) is 0 Å². The number of rotatable bonds is 3. The molecule has 2 rings (SSSR count). The van der Waals surface area contributed by atoms with Gasteiger partial charge in [-0.2, -0.15) is 0 Å². The largest absolute Gasteiger partial charge is 0.375 e. The highest BCUT2D eigenvalue weighted by Crippen LogP contribution is 2.41. The molecule has 0 aromatic heterocycles. The molecular weight excluding hydrogens is 248 g/mol. The van der Waals surface area contributed by atoms with Crippen LogP contribution in [0.4, 0.5) is 0 Å². The van der Waals surface area contributed by atoms with Gasteiger partial charge in [0.15, 0.2) is 0 Å². The van der Waals surface area contributed by atoms with Crippen LogP contribution in [0.3, 0.4) is 0 Å². The molecule has 0 amide bonds. The lowest BCUT2D eigenvalue weighted by molar-refractivity contribution is 0.0475. The molecule has 4 heteroatoms. The fourth-order valence-corrected chi connectivity index (χ4v) is 3.26. The van der Waals surface area contributed by atoms with E-state index in [1.54, 1.807) is 0 Å². The number of nitrogens with two attached hydrogens (primary N) is 1. The van der Waals surface area contributed by atoms with Crippen molar-refractivity contribution in [1.82, 2.24) is 5.43 Å². The van der Waals surface area contributed by atoms with E-state index in [1.165, 1.54) is 0 Å². The topological polar surface area (TPSA) is 47.3 Å². The zero-order chi connectivity index (χ0) is 13.3. The number of ether oxygens (including phenoxy) is 1. The molecule has 5 unspecified atom stereocenters. The molecule has 18 heavy (non-hydrogen) atoms. The van der Waals surface area contributed by atoms with Gasteiger partial charge < -0.3 is 4.74 Å². The van der Waals surface area contributed by atoms with Crippen LogP contribution in [-0.2, 0) is 4.74 Å². The molecule has 0 aliphatic carbocycles. The molecule has 5 atom stereocenters. The zero-order valence-electron chi connectivity index (χ0n) is 11.1. The first-order valence-electron chi connectivity index (χ1n) is 6.42. The number of hydrazine groups is 1. The lowest BCUT2D eigenvalue weighted by Gasteiger charge is -2.29. The number of hydrogen-bond acceptors (Lipinski definition) is 3. The summed E-state index contributed by atoms with van der Waals surface area (Å²) in [6.45, 7) is 6.42. The van der Waals surface area contributed by atoms with Gasteiger partial charge in [-0.1, -0.05) is 36.7 Å². The summed E-state index contributed by atoms with van der Waals surface area (Å²) in [5, 5.41) is 0.749. The van der Waals surface area contributed by atoms with Gasteiger partial charge in [-0.05, 0) is 31.4 Å². The van der Waals surface area contributed by atoms with Gasteiger partial charge in [0.05, 0.1) is 18.2 Å². The second-order valence-corrected chi connectivity index (χ2v) is 5.56. The molecule has 0 radical (unpaired) electrons. The Morgan fingerprint density at radius 3 is 2.39 bits per heavy atom. The van der Waals surface area contributed by atoms with Crippen LogP contribution in [0.15, 0.2) is 24.3 Å². The maximum Gasteiger partial charge on any atom is 0.0601 e. The monoisotopic (exact) mass is 268 g/mol. The zero-order valence-corrected chi connectivity index (χ0v) is 11.8. The Balaban J connectivity index is 2.32. The van der Waals surface area contributed by atoms with Crippen molar-refractivity contribution >= 4 is 11.6 Å². The third-order valence-electron chi connectivity index (χ3n) is 4.12. The molecule has 1 aliphatic rings. The van der Waals surface area contributed by atoms with Crippen molar-refractivity contribution in [3.8, 4) is 0 Å². The molecular formula is C14H21ClN2O. The molecule has 1 fully saturated rings. The van der Waals surface area contributed by atoms with Crippen molar-refractivity contribution < 1.29 is 4.74 Å². The third-order valence-corrected chi connectivity index (χ3v) is 4.47. The number of hydrogen-bond donors (Lipinski definition) is 2. The first-order valence-corrected chi connectivity index (χ1v) is 6.80. The fraction of sp³-hybridized carbons (Fsp3) is 0.571.